The summed E-state index contributed by atoms with van der Waals surface area (Å²) in [4.78, 5) is 42.6. The van der Waals surface area contributed by atoms with Crippen LogP contribution >= 0.6 is 34.3 Å². The van der Waals surface area contributed by atoms with E-state index < -0.39 is 0 Å². The van der Waals surface area contributed by atoms with Crippen LogP contribution in [0.25, 0.3) is 40.6 Å². The smallest absolute Gasteiger partial charge is 0.305 e. The largest absolute Gasteiger partial charge is 0.469 e. The third-order valence-electron chi connectivity index (χ3n) is 7.39. The van der Waals surface area contributed by atoms with Crippen molar-refractivity contribution in [3.05, 3.63) is 101 Å². The predicted octanol–water partition coefficient (Wildman–Crippen LogP) is 8.17. The van der Waals surface area contributed by atoms with Gasteiger partial charge in [0.1, 0.15) is 32.3 Å². The first-order valence-electron chi connectivity index (χ1n) is 14.9. The topological polar surface area (TPSA) is 116 Å². The Morgan fingerprint density at radius 3 is 1.79 bits per heavy atom. The van der Waals surface area contributed by atoms with Gasteiger partial charge in [-0.2, -0.15) is 0 Å². The minimum Gasteiger partial charge on any atom is -0.469 e. The van der Waals surface area contributed by atoms with Gasteiger partial charge in [0.25, 0.3) is 0 Å². The summed E-state index contributed by atoms with van der Waals surface area (Å²) in [5.41, 5.74) is 1.18. The van der Waals surface area contributed by atoms with Gasteiger partial charge in [-0.15, -0.1) is 22.7 Å². The van der Waals surface area contributed by atoms with Gasteiger partial charge in [-0.25, -0.2) is 19.9 Å². The number of carbonyl (C=O) groups excluding carboxylic acids is 2. The number of nitrogens with zero attached hydrogens (tertiary/aromatic N) is 4. The number of ether oxygens (including phenoxy) is 2. The molecule has 47 heavy (non-hydrogen) atoms. The van der Waals surface area contributed by atoms with Crippen LogP contribution in [0.1, 0.15) is 30.1 Å². The van der Waals surface area contributed by atoms with Gasteiger partial charge in [0, 0.05) is 39.6 Å². The lowest BCUT2D eigenvalue weighted by atomic mass is 10.2. The number of anilines is 1. The van der Waals surface area contributed by atoms with E-state index in [0.717, 1.165) is 41.7 Å². The average molecular weight is 684 g/mol. The van der Waals surface area contributed by atoms with E-state index in [2.05, 4.69) is 44.3 Å². The highest BCUT2D eigenvalue weighted by Gasteiger charge is 2.16. The summed E-state index contributed by atoms with van der Waals surface area (Å²) in [6.45, 7) is 0.674. The highest BCUT2D eigenvalue weighted by Crippen LogP contribution is 2.37. The molecular formula is C35H30ClN5O4S2. The number of benzene rings is 3. The Morgan fingerprint density at radius 2 is 1.19 bits per heavy atom. The molecule has 4 aromatic heterocycles. The Bertz CT molecular complexity index is 2200. The number of rotatable bonds is 9. The maximum absolute atomic E-state index is 11.5. The van der Waals surface area contributed by atoms with Crippen molar-refractivity contribution < 1.29 is 19.1 Å². The van der Waals surface area contributed by atoms with Crippen LogP contribution < -0.4 is 5.32 Å². The quantitative estimate of drug-likeness (QED) is 0.119. The van der Waals surface area contributed by atoms with Crippen molar-refractivity contribution in [2.24, 2.45) is 0 Å². The Labute approximate surface area is 283 Å². The molecule has 0 saturated carbocycles. The molecule has 0 spiro atoms. The van der Waals surface area contributed by atoms with Crippen molar-refractivity contribution in [1.29, 1.82) is 0 Å². The van der Waals surface area contributed by atoms with Crippen molar-refractivity contribution in [2.45, 2.75) is 32.2 Å². The van der Waals surface area contributed by atoms with Crippen molar-refractivity contribution >= 4 is 92.6 Å². The molecule has 0 saturated heterocycles. The van der Waals surface area contributed by atoms with E-state index in [1.165, 1.54) is 24.5 Å². The highest BCUT2D eigenvalue weighted by atomic mass is 35.5. The van der Waals surface area contributed by atoms with Gasteiger partial charge in [0.2, 0.25) is 0 Å². The standard InChI is InChI=1S/C21H19N3O2S.C14H11ClN2O2S/c1-26-18(25)12-11-17-23-20(22-13-14-7-3-2-4-8-14)19-15-9-5-6-10-16(15)27-21(19)24-17;1-19-11(18)7-6-10-16-13(15)12-8-4-2-3-5-9(8)20-14(12)17-10/h2-10H,11-13H2,1H3,(H,22,23,24);2-5H,6-7H2,1H3. The molecule has 0 bridgehead atoms. The normalized spacial score (nSPS) is 11.0. The average Bonchev–Trinajstić information content (AvgIpc) is 3.67. The summed E-state index contributed by atoms with van der Waals surface area (Å²) in [5.74, 6) is 1.49. The number of aryl methyl sites for hydroxylation is 2. The Kier molecular flexibility index (Phi) is 10.2. The summed E-state index contributed by atoms with van der Waals surface area (Å²) in [5, 5.41) is 8.03. The summed E-state index contributed by atoms with van der Waals surface area (Å²) in [6, 6.07) is 26.4. The monoisotopic (exact) mass is 683 g/mol. The van der Waals surface area contributed by atoms with Gasteiger partial charge in [0.05, 0.1) is 37.8 Å². The molecular weight excluding hydrogens is 654 g/mol. The first-order valence-corrected chi connectivity index (χ1v) is 16.9. The molecule has 0 atom stereocenters. The minimum absolute atomic E-state index is 0.253. The zero-order valence-electron chi connectivity index (χ0n) is 25.7. The molecule has 7 rings (SSSR count). The predicted molar refractivity (Wildman–Crippen MR) is 189 cm³/mol. The van der Waals surface area contributed by atoms with Crippen LogP contribution in [0.4, 0.5) is 5.82 Å². The Morgan fingerprint density at radius 1 is 0.681 bits per heavy atom. The molecule has 3 aromatic carbocycles. The van der Waals surface area contributed by atoms with E-state index in [4.69, 9.17) is 26.3 Å². The number of hydrogen-bond acceptors (Lipinski definition) is 11. The van der Waals surface area contributed by atoms with Crippen LogP contribution in [-0.2, 0) is 38.4 Å². The lowest BCUT2D eigenvalue weighted by molar-refractivity contribution is -0.141. The van der Waals surface area contributed by atoms with E-state index in [0.29, 0.717) is 36.2 Å². The van der Waals surface area contributed by atoms with Crippen LogP contribution in [0.5, 0.6) is 0 Å². The first kappa shape index (κ1) is 32.2. The number of fused-ring (bicyclic) bond motifs is 6. The first-order chi connectivity index (χ1) is 22.9. The summed E-state index contributed by atoms with van der Waals surface area (Å²) in [6.07, 6.45) is 1.40. The Hall–Kier alpha value is -4.71. The van der Waals surface area contributed by atoms with Crippen LogP contribution in [0.15, 0.2) is 78.9 Å². The Balaban J connectivity index is 0.000000172. The van der Waals surface area contributed by atoms with Gasteiger partial charge >= 0.3 is 11.9 Å². The molecule has 0 radical (unpaired) electrons. The van der Waals surface area contributed by atoms with Crippen LogP contribution in [0.2, 0.25) is 5.15 Å². The number of thiophene rings is 2. The molecule has 4 heterocycles. The number of halogens is 1. The van der Waals surface area contributed by atoms with Gasteiger partial charge in [0.15, 0.2) is 0 Å². The number of methoxy groups -OCH3 is 2. The number of esters is 2. The van der Waals surface area contributed by atoms with Crippen molar-refractivity contribution in [3.8, 4) is 0 Å². The molecule has 0 fully saturated rings. The molecule has 0 unspecified atom stereocenters. The van der Waals surface area contributed by atoms with E-state index >= 15 is 0 Å². The second-order valence-corrected chi connectivity index (χ2v) is 12.9. The van der Waals surface area contributed by atoms with E-state index in [-0.39, 0.29) is 24.8 Å². The molecule has 0 aliphatic carbocycles. The van der Waals surface area contributed by atoms with E-state index in [9.17, 15) is 9.59 Å². The third kappa shape index (κ3) is 7.48. The summed E-state index contributed by atoms with van der Waals surface area (Å²) < 4.78 is 11.7. The molecule has 0 aliphatic rings. The second kappa shape index (κ2) is 14.8. The molecule has 0 amide bonds. The van der Waals surface area contributed by atoms with Gasteiger partial charge < -0.3 is 14.8 Å². The number of aromatic nitrogens is 4. The SMILES string of the molecule is COC(=O)CCc1nc(Cl)c2c(n1)sc1ccccc12.COC(=O)CCc1nc(NCc2ccccc2)c2c(n1)sc1ccccc12. The summed E-state index contributed by atoms with van der Waals surface area (Å²) in [7, 11) is 2.76. The number of nitrogens with one attached hydrogen (secondary N) is 1. The van der Waals surface area contributed by atoms with Crippen LogP contribution in [0.3, 0.4) is 0 Å². The maximum atomic E-state index is 11.5. The molecule has 1 N–H and O–H groups in total. The molecule has 7 aromatic rings. The zero-order chi connectivity index (χ0) is 32.8. The van der Waals surface area contributed by atoms with E-state index in [1.54, 1.807) is 22.7 Å². The highest BCUT2D eigenvalue weighted by molar-refractivity contribution is 7.26. The maximum Gasteiger partial charge on any atom is 0.305 e. The molecule has 12 heteroatoms. The zero-order valence-corrected chi connectivity index (χ0v) is 28.0. The molecule has 238 valence electrons. The van der Waals surface area contributed by atoms with E-state index in [1.807, 2.05) is 54.6 Å². The molecule has 9 nitrogen and oxygen atoms in total. The van der Waals surface area contributed by atoms with Crippen molar-refractivity contribution in [3.63, 3.8) is 0 Å². The fourth-order valence-electron chi connectivity index (χ4n) is 5.05. The second-order valence-electron chi connectivity index (χ2n) is 10.5. The van der Waals surface area contributed by atoms with Gasteiger partial charge in [-0.05, 0) is 17.7 Å². The minimum atomic E-state index is -0.277. The van der Waals surface area contributed by atoms with Gasteiger partial charge in [-0.1, -0.05) is 78.3 Å². The number of hydrogen-bond donors (Lipinski definition) is 1. The molecule has 0 aliphatic heterocycles. The lowest BCUT2D eigenvalue weighted by Gasteiger charge is -2.09. The van der Waals surface area contributed by atoms with Crippen LogP contribution in [-0.4, -0.2) is 46.1 Å². The third-order valence-corrected chi connectivity index (χ3v) is 9.79. The lowest BCUT2D eigenvalue weighted by Crippen LogP contribution is -2.07. The van der Waals surface area contributed by atoms with Crippen molar-refractivity contribution in [2.75, 3.05) is 19.5 Å². The van der Waals surface area contributed by atoms with Crippen molar-refractivity contribution in [1.82, 2.24) is 19.9 Å². The van der Waals surface area contributed by atoms with Crippen LogP contribution in [0, 0.1) is 0 Å². The fourth-order valence-corrected chi connectivity index (χ4v) is 7.59. The fraction of sp³-hybridized carbons (Fsp3) is 0.200. The van der Waals surface area contributed by atoms with Gasteiger partial charge in [-0.3, -0.25) is 9.59 Å². The summed E-state index contributed by atoms with van der Waals surface area (Å²) >= 11 is 9.49. The number of carbonyl (C=O) groups is 2.